The fraction of sp³-hybridized carbons (Fsp3) is 0.795. The maximum Gasteiger partial charge on any atom is 0.343 e. The van der Waals surface area contributed by atoms with E-state index in [1.165, 1.54) is 20.8 Å². The summed E-state index contributed by atoms with van der Waals surface area (Å²) in [7, 11) is 0. The number of rotatable bonds is 6. The highest BCUT2D eigenvalue weighted by Gasteiger charge is 2.84. The van der Waals surface area contributed by atoms with E-state index in [-0.39, 0.29) is 30.9 Å². The number of carbonyl (C=O) groups excluding carboxylic acids is 6. The molecule has 53 heavy (non-hydrogen) atoms. The molecule has 7 aliphatic rings. The lowest BCUT2D eigenvalue weighted by Crippen LogP contribution is -2.77. The van der Waals surface area contributed by atoms with Gasteiger partial charge in [0.2, 0.25) is 5.78 Å². The van der Waals surface area contributed by atoms with Crippen LogP contribution in [0.1, 0.15) is 88.5 Å². The Hall–Kier alpha value is -3.36. The molecule has 1 unspecified atom stereocenters. The molecular weight excluding hydrogens is 692 g/mol. The SMILES string of the molecule is CC(=O)O[C@@H]1[C@H]2[C@@H]3[C@@H](OC(C)=O)C(=O)[C@@]4(O)C[C@@H]5O[C@H]5[C@H](OC(=O)CC(C)C)[C@]4(C)[C@H]3C[C@H](OC(C)=O)[C@]2(C)[C@@H]2[C@@H]1[C@]1(C)C(=C[C@H]2C)OC(=O)C1(C)O. The van der Waals surface area contributed by atoms with Crippen molar-refractivity contribution in [2.24, 2.45) is 57.7 Å². The molecule has 0 aromatic heterocycles. The number of hydrogen-bond acceptors (Lipinski definition) is 14. The minimum absolute atomic E-state index is 0.0402. The second kappa shape index (κ2) is 11.8. The van der Waals surface area contributed by atoms with Crippen LogP contribution in [-0.2, 0) is 57.2 Å². The molecule has 0 spiro atoms. The molecule has 14 nitrogen and oxygen atoms in total. The van der Waals surface area contributed by atoms with E-state index in [1.54, 1.807) is 19.9 Å². The highest BCUT2D eigenvalue weighted by atomic mass is 16.6. The van der Waals surface area contributed by atoms with E-state index in [4.69, 9.17) is 28.4 Å². The van der Waals surface area contributed by atoms with E-state index >= 15 is 4.79 Å². The number of ketones is 1. The quantitative estimate of drug-likeness (QED) is 0.228. The second-order valence-electron chi connectivity index (χ2n) is 18.0. The van der Waals surface area contributed by atoms with Crippen LogP contribution in [0.2, 0.25) is 0 Å². The number of carbonyl (C=O) groups is 6. The topological polar surface area (TPSA) is 202 Å². The van der Waals surface area contributed by atoms with Crippen LogP contribution in [0.15, 0.2) is 11.8 Å². The second-order valence-corrected chi connectivity index (χ2v) is 18.0. The van der Waals surface area contributed by atoms with Gasteiger partial charge in [-0.15, -0.1) is 0 Å². The summed E-state index contributed by atoms with van der Waals surface area (Å²) in [6.45, 7) is 16.0. The lowest BCUT2D eigenvalue weighted by Gasteiger charge is -2.65. The number of fused-ring (bicyclic) bond motifs is 10. The minimum atomic E-state index is -2.21. The third-order valence-electron chi connectivity index (χ3n) is 14.8. The first-order valence-corrected chi connectivity index (χ1v) is 18.8. The van der Waals surface area contributed by atoms with E-state index in [9.17, 15) is 34.2 Å². The van der Waals surface area contributed by atoms with Crippen molar-refractivity contribution in [3.63, 3.8) is 0 Å². The van der Waals surface area contributed by atoms with Crippen molar-refractivity contribution in [1.29, 1.82) is 0 Å². The van der Waals surface area contributed by atoms with Crippen molar-refractivity contribution in [2.45, 2.75) is 136 Å². The highest BCUT2D eigenvalue weighted by Crippen LogP contribution is 2.76. The van der Waals surface area contributed by atoms with Crippen molar-refractivity contribution in [1.82, 2.24) is 0 Å². The Morgan fingerprint density at radius 2 is 1.53 bits per heavy atom. The normalized spacial score (nSPS) is 50.2. The standard InChI is InChI=1S/C39H52O14/c1-15(2)11-24(43)53-33-29-21(51-29)14-39(47)32(44)30(49-18(5)41)25-20(36(33,39)8)13-22(48-17(4)40)35(7)26-16(3)12-23-37(9,38(10,46)34(45)52-23)28(26)31(27(25)35)50-19(6)42/h12,15-16,20-22,25-31,33,46-47H,11,13-14H2,1-10H3/t16-,20+,21+,22+,25-,26+,27-,28+,29-,30-,31-,33+,35-,36+,37+,38?,39+/m1/s1. The molecule has 2 aliphatic heterocycles. The molecule has 2 N–H and O–H groups in total. The molecule has 292 valence electrons. The first kappa shape index (κ1) is 37.9. The number of Topliss-reactive ketones (excluding diaryl/α,β-unsaturated/α-hetero) is 1. The Balaban J connectivity index is 1.49. The van der Waals surface area contributed by atoms with Gasteiger partial charge in [0.25, 0.3) is 0 Å². The van der Waals surface area contributed by atoms with Crippen LogP contribution in [0.5, 0.6) is 0 Å². The van der Waals surface area contributed by atoms with Gasteiger partial charge < -0.3 is 38.6 Å². The average Bonchev–Trinajstić information content (AvgIpc) is 3.69. The zero-order chi connectivity index (χ0) is 39.1. The molecule has 2 saturated heterocycles. The van der Waals surface area contributed by atoms with Gasteiger partial charge in [0.15, 0.2) is 11.7 Å². The zero-order valence-electron chi connectivity index (χ0n) is 32.0. The molecule has 0 bridgehead atoms. The summed E-state index contributed by atoms with van der Waals surface area (Å²) < 4.78 is 36.4. The summed E-state index contributed by atoms with van der Waals surface area (Å²) in [5.74, 6) is -8.64. The van der Waals surface area contributed by atoms with Crippen molar-refractivity contribution in [3.8, 4) is 0 Å². The summed E-state index contributed by atoms with van der Waals surface area (Å²) >= 11 is 0. The predicted molar refractivity (Wildman–Crippen MR) is 180 cm³/mol. The molecule has 0 amide bonds. The summed E-state index contributed by atoms with van der Waals surface area (Å²) in [6.07, 6.45) is -4.25. The van der Waals surface area contributed by atoms with Gasteiger partial charge in [0.1, 0.15) is 35.8 Å². The Bertz CT molecular complexity index is 1700. The monoisotopic (exact) mass is 744 g/mol. The first-order chi connectivity index (χ1) is 24.5. The summed E-state index contributed by atoms with van der Waals surface area (Å²) in [4.78, 5) is 81.0. The Morgan fingerprint density at radius 3 is 2.11 bits per heavy atom. The zero-order valence-corrected chi connectivity index (χ0v) is 32.0. The van der Waals surface area contributed by atoms with Gasteiger partial charge in [-0.05, 0) is 50.0 Å². The predicted octanol–water partition coefficient (Wildman–Crippen LogP) is 2.58. The van der Waals surface area contributed by atoms with E-state index in [0.29, 0.717) is 0 Å². The number of hydrogen-bond donors (Lipinski definition) is 2. The van der Waals surface area contributed by atoms with Gasteiger partial charge in [0.05, 0.1) is 11.5 Å². The van der Waals surface area contributed by atoms with E-state index in [0.717, 1.165) is 6.92 Å². The maximum atomic E-state index is 15.1. The Morgan fingerprint density at radius 1 is 0.906 bits per heavy atom. The van der Waals surface area contributed by atoms with Gasteiger partial charge in [-0.3, -0.25) is 24.0 Å². The van der Waals surface area contributed by atoms with E-state index in [1.807, 2.05) is 27.7 Å². The molecule has 0 aromatic carbocycles. The van der Waals surface area contributed by atoms with Crippen LogP contribution in [0.4, 0.5) is 0 Å². The van der Waals surface area contributed by atoms with Crippen molar-refractivity contribution < 1.29 is 67.4 Å². The van der Waals surface area contributed by atoms with Crippen LogP contribution in [0.3, 0.4) is 0 Å². The Labute approximate surface area is 308 Å². The fourth-order valence-electron chi connectivity index (χ4n) is 12.5. The molecule has 14 heteroatoms. The third-order valence-corrected chi connectivity index (χ3v) is 14.8. The van der Waals surface area contributed by atoms with E-state index in [2.05, 4.69) is 0 Å². The molecule has 6 fully saturated rings. The number of allylic oxidation sites excluding steroid dienone is 1. The minimum Gasteiger partial charge on any atom is -0.462 e. The van der Waals surface area contributed by atoms with Crippen LogP contribution < -0.4 is 0 Å². The molecule has 7 rings (SSSR count). The number of epoxide rings is 1. The van der Waals surface area contributed by atoms with E-state index < -0.39 is 135 Å². The maximum absolute atomic E-state index is 15.1. The highest BCUT2D eigenvalue weighted by molar-refractivity contribution is 5.95. The molecule has 0 radical (unpaired) electrons. The molecular formula is C39H52O14. The van der Waals surface area contributed by atoms with Crippen molar-refractivity contribution in [3.05, 3.63) is 11.8 Å². The van der Waals surface area contributed by atoms with Crippen molar-refractivity contribution in [2.75, 3.05) is 0 Å². The van der Waals surface area contributed by atoms with Gasteiger partial charge >= 0.3 is 29.8 Å². The average molecular weight is 745 g/mol. The van der Waals surface area contributed by atoms with Crippen molar-refractivity contribution >= 4 is 35.6 Å². The van der Waals surface area contributed by atoms with Crippen LogP contribution >= 0.6 is 0 Å². The number of esters is 5. The van der Waals surface area contributed by atoms with Gasteiger partial charge in [-0.1, -0.05) is 34.6 Å². The summed E-state index contributed by atoms with van der Waals surface area (Å²) in [6, 6.07) is 0. The molecule has 5 aliphatic carbocycles. The van der Waals surface area contributed by atoms with Gasteiger partial charge in [-0.25, -0.2) is 4.79 Å². The molecule has 4 saturated carbocycles. The number of ether oxygens (including phenoxy) is 6. The van der Waals surface area contributed by atoms with Gasteiger partial charge in [-0.2, -0.15) is 0 Å². The van der Waals surface area contributed by atoms with Gasteiger partial charge in [0, 0.05) is 62.2 Å². The smallest absolute Gasteiger partial charge is 0.343 e. The lowest BCUT2D eigenvalue weighted by molar-refractivity contribution is -0.269. The third kappa shape index (κ3) is 4.85. The summed E-state index contributed by atoms with van der Waals surface area (Å²) in [5, 5.41) is 24.8. The van der Waals surface area contributed by atoms with Crippen LogP contribution in [-0.4, -0.2) is 93.7 Å². The largest absolute Gasteiger partial charge is 0.462 e. The Kier molecular flexibility index (Phi) is 8.46. The molecule has 17 atom stereocenters. The molecule has 2 heterocycles. The summed E-state index contributed by atoms with van der Waals surface area (Å²) in [5.41, 5.74) is -8.46. The first-order valence-electron chi connectivity index (χ1n) is 18.8. The fourth-order valence-corrected chi connectivity index (χ4v) is 12.5. The molecule has 0 aromatic rings. The lowest BCUT2D eigenvalue weighted by atomic mass is 9.40. The van der Waals surface area contributed by atoms with Crippen LogP contribution in [0, 0.1) is 57.7 Å². The van der Waals surface area contributed by atoms with Crippen LogP contribution in [0.25, 0.3) is 0 Å². The number of aliphatic hydroxyl groups is 2.